The van der Waals surface area contributed by atoms with Gasteiger partial charge in [0.15, 0.2) is 0 Å². The number of nitro groups is 1. The average molecular weight is 367 g/mol. The number of benzene rings is 1. The van der Waals surface area contributed by atoms with Gasteiger partial charge in [0.2, 0.25) is 5.95 Å². The van der Waals surface area contributed by atoms with E-state index in [1.54, 1.807) is 18.2 Å². The lowest BCUT2D eigenvalue weighted by atomic mass is 10.0. The minimum Gasteiger partial charge on any atom is -0.288 e. The normalized spacial score (nSPS) is 10.6. The van der Waals surface area contributed by atoms with Gasteiger partial charge in [0.1, 0.15) is 5.69 Å². The van der Waals surface area contributed by atoms with E-state index < -0.39 is 10.8 Å². The summed E-state index contributed by atoms with van der Waals surface area (Å²) in [5.74, 6) is -0.326. The number of amides is 1. The van der Waals surface area contributed by atoms with Gasteiger partial charge in [-0.3, -0.25) is 20.2 Å². The Morgan fingerprint density at radius 2 is 2.04 bits per heavy atom. The predicted molar refractivity (Wildman–Crippen MR) is 97.1 cm³/mol. The summed E-state index contributed by atoms with van der Waals surface area (Å²) in [6.45, 7) is 2.09. The number of nitro benzene ring substituents is 1. The van der Waals surface area contributed by atoms with Gasteiger partial charge in [0, 0.05) is 17.7 Å². The molecule has 0 unspecified atom stereocenters. The molecule has 1 amide bonds. The van der Waals surface area contributed by atoms with Crippen LogP contribution in [0.3, 0.4) is 0 Å². The topological polar surface area (TPSA) is 140 Å². The van der Waals surface area contributed by atoms with Crippen LogP contribution in [0.2, 0.25) is 0 Å². The zero-order valence-electron chi connectivity index (χ0n) is 14.5. The molecule has 10 heteroatoms. The second kappa shape index (κ2) is 8.13. The molecule has 0 aliphatic heterocycles. The number of rotatable bonds is 7. The maximum absolute atomic E-state index is 12.5. The summed E-state index contributed by atoms with van der Waals surface area (Å²) in [6, 6.07) is 9.68. The zero-order chi connectivity index (χ0) is 19.2. The maximum Gasteiger partial charge on any atom is 0.276 e. The Bertz CT molecular complexity index is 940. The van der Waals surface area contributed by atoms with E-state index in [-0.39, 0.29) is 17.3 Å². The van der Waals surface area contributed by atoms with Crippen LogP contribution < -0.4 is 5.32 Å². The third-order valence-electron chi connectivity index (χ3n) is 3.89. The van der Waals surface area contributed by atoms with Crippen molar-refractivity contribution in [1.29, 1.82) is 0 Å². The Hall–Kier alpha value is -3.69. The van der Waals surface area contributed by atoms with E-state index in [1.807, 2.05) is 6.07 Å². The van der Waals surface area contributed by atoms with E-state index >= 15 is 0 Å². The number of nitrogens with one attached hydrogen (secondary N) is 2. The first-order valence-corrected chi connectivity index (χ1v) is 8.37. The molecule has 3 rings (SSSR count). The van der Waals surface area contributed by atoms with Gasteiger partial charge in [-0.1, -0.05) is 18.4 Å². The molecule has 10 nitrogen and oxygen atoms in total. The smallest absolute Gasteiger partial charge is 0.276 e. The largest absolute Gasteiger partial charge is 0.288 e. The summed E-state index contributed by atoms with van der Waals surface area (Å²) in [5.41, 5.74) is 2.43. The van der Waals surface area contributed by atoms with Gasteiger partial charge in [0.25, 0.3) is 11.6 Å². The second-order valence-electron chi connectivity index (χ2n) is 5.86. The van der Waals surface area contributed by atoms with E-state index in [9.17, 15) is 14.9 Å². The number of H-pyrrole nitrogens is 1. The van der Waals surface area contributed by atoms with E-state index in [2.05, 4.69) is 37.8 Å². The van der Waals surface area contributed by atoms with Crippen LogP contribution in [0.25, 0.3) is 11.3 Å². The third kappa shape index (κ3) is 4.48. The van der Waals surface area contributed by atoms with Crippen LogP contribution in [-0.4, -0.2) is 36.4 Å². The Morgan fingerprint density at radius 3 is 2.67 bits per heavy atom. The van der Waals surface area contributed by atoms with Crippen LogP contribution in [0.4, 0.5) is 11.6 Å². The molecular weight excluding hydrogens is 350 g/mol. The molecule has 1 aromatic carbocycles. The molecule has 2 heterocycles. The Balaban J connectivity index is 1.94. The molecule has 0 saturated heterocycles. The van der Waals surface area contributed by atoms with Gasteiger partial charge in [-0.15, -0.1) is 0 Å². The zero-order valence-corrected chi connectivity index (χ0v) is 14.5. The Labute approximate surface area is 154 Å². The number of aromatic nitrogens is 5. The van der Waals surface area contributed by atoms with Gasteiger partial charge in [0.05, 0.1) is 10.6 Å². The number of carbonyl (C=O) groups excluding carboxylic acids is 1. The molecule has 0 aliphatic rings. The third-order valence-corrected chi connectivity index (χ3v) is 3.89. The molecule has 2 aromatic heterocycles. The van der Waals surface area contributed by atoms with Crippen molar-refractivity contribution in [2.45, 2.75) is 26.2 Å². The fourth-order valence-corrected chi connectivity index (χ4v) is 2.51. The molecule has 0 radical (unpaired) electrons. The highest BCUT2D eigenvalue weighted by Crippen LogP contribution is 2.23. The minimum absolute atomic E-state index is 0.00308. The summed E-state index contributed by atoms with van der Waals surface area (Å²) in [7, 11) is 0. The van der Waals surface area contributed by atoms with Crippen LogP contribution in [0.15, 0.2) is 36.4 Å². The molecule has 0 saturated carbocycles. The van der Waals surface area contributed by atoms with Gasteiger partial charge >= 0.3 is 0 Å². The first-order chi connectivity index (χ1) is 13.1. The monoisotopic (exact) mass is 367 g/mol. The lowest BCUT2D eigenvalue weighted by molar-refractivity contribution is -0.384. The van der Waals surface area contributed by atoms with E-state index in [0.29, 0.717) is 11.3 Å². The second-order valence-corrected chi connectivity index (χ2v) is 5.86. The Kier molecular flexibility index (Phi) is 5.45. The van der Waals surface area contributed by atoms with Crippen molar-refractivity contribution in [1.82, 2.24) is 25.6 Å². The van der Waals surface area contributed by atoms with Crippen LogP contribution in [0, 0.1) is 10.1 Å². The van der Waals surface area contributed by atoms with E-state index in [4.69, 9.17) is 0 Å². The van der Waals surface area contributed by atoms with Crippen molar-refractivity contribution in [3.63, 3.8) is 0 Å². The highest BCUT2D eigenvalue weighted by Gasteiger charge is 2.14. The van der Waals surface area contributed by atoms with Crippen molar-refractivity contribution >= 4 is 17.5 Å². The minimum atomic E-state index is -0.459. The number of pyridine rings is 1. The lowest BCUT2D eigenvalue weighted by Gasteiger charge is -2.09. The number of aryl methyl sites for hydroxylation is 1. The fraction of sp³-hybridized carbons (Fsp3) is 0.235. The van der Waals surface area contributed by atoms with Gasteiger partial charge in [-0.05, 0) is 53.1 Å². The molecule has 0 aliphatic carbocycles. The molecule has 0 spiro atoms. The highest BCUT2D eigenvalue weighted by atomic mass is 16.6. The predicted octanol–water partition coefficient (Wildman–Crippen LogP) is 2.76. The molecule has 2 N–H and O–H groups in total. The summed E-state index contributed by atoms with van der Waals surface area (Å²) in [4.78, 5) is 27.3. The van der Waals surface area contributed by atoms with Crippen molar-refractivity contribution < 1.29 is 9.72 Å². The summed E-state index contributed by atoms with van der Waals surface area (Å²) < 4.78 is 0. The summed E-state index contributed by atoms with van der Waals surface area (Å²) in [5, 5.41) is 26.3. The Morgan fingerprint density at radius 1 is 1.26 bits per heavy atom. The van der Waals surface area contributed by atoms with Crippen molar-refractivity contribution in [2.75, 3.05) is 5.32 Å². The van der Waals surface area contributed by atoms with Gasteiger partial charge in [-0.2, -0.15) is 0 Å². The molecule has 0 atom stereocenters. The van der Waals surface area contributed by atoms with E-state index in [1.165, 1.54) is 12.1 Å². The fourth-order valence-electron chi connectivity index (χ4n) is 2.51. The first kappa shape index (κ1) is 18.1. The van der Waals surface area contributed by atoms with Crippen LogP contribution in [-0.2, 0) is 6.42 Å². The van der Waals surface area contributed by atoms with Crippen LogP contribution in [0.1, 0.15) is 35.8 Å². The SMILES string of the molecule is CCCCc1cc(C(=O)Nc2nnn[nH]2)nc(-c2ccc([N+](=O)[O-])cc2)c1. The number of tetrazole rings is 1. The number of non-ortho nitro benzene ring substituents is 1. The molecule has 27 heavy (non-hydrogen) atoms. The van der Waals surface area contributed by atoms with E-state index in [0.717, 1.165) is 24.8 Å². The van der Waals surface area contributed by atoms with Crippen molar-refractivity contribution in [3.8, 4) is 11.3 Å². The van der Waals surface area contributed by atoms with Gasteiger partial charge < -0.3 is 0 Å². The number of hydrogen-bond acceptors (Lipinski definition) is 7. The lowest BCUT2D eigenvalue weighted by Crippen LogP contribution is -2.15. The number of unbranched alkanes of at least 4 members (excludes halogenated alkanes) is 1. The maximum atomic E-state index is 12.5. The average Bonchev–Trinajstić information content (AvgIpc) is 3.19. The quantitative estimate of drug-likeness (QED) is 0.483. The standard InChI is InChI=1S/C17H17N7O3/c1-2-3-4-11-9-14(12-5-7-13(8-6-12)24(26)27)18-15(10-11)16(25)19-17-20-22-23-21-17/h5-10H,2-4H2,1H3,(H2,19,20,21,22,23,25). The van der Waals surface area contributed by atoms with Crippen molar-refractivity contribution in [3.05, 3.63) is 57.8 Å². The number of nitrogens with zero attached hydrogens (tertiary/aromatic N) is 5. The highest BCUT2D eigenvalue weighted by molar-refractivity contribution is 6.02. The number of anilines is 1. The van der Waals surface area contributed by atoms with Gasteiger partial charge in [-0.25, -0.2) is 10.1 Å². The molecule has 0 fully saturated rings. The van der Waals surface area contributed by atoms with Crippen LogP contribution >= 0.6 is 0 Å². The molecule has 138 valence electrons. The summed E-state index contributed by atoms with van der Waals surface area (Å²) in [6.07, 6.45) is 2.78. The van der Waals surface area contributed by atoms with Crippen LogP contribution in [0.5, 0.6) is 0 Å². The molecule has 3 aromatic rings. The first-order valence-electron chi connectivity index (χ1n) is 8.37. The molecular formula is C17H17N7O3. The summed E-state index contributed by atoms with van der Waals surface area (Å²) >= 11 is 0. The van der Waals surface area contributed by atoms with Crippen molar-refractivity contribution in [2.24, 2.45) is 0 Å². The number of aromatic amines is 1. The number of carbonyl (C=O) groups is 1. The number of hydrogen-bond donors (Lipinski definition) is 2. The molecule has 0 bridgehead atoms.